The number of nitrogens with one attached hydrogen (secondary N) is 2. The van der Waals surface area contributed by atoms with Gasteiger partial charge in [-0.2, -0.15) is 0 Å². The molecule has 0 bridgehead atoms. The molecule has 1 aliphatic heterocycles. The third kappa shape index (κ3) is 10.0. The van der Waals surface area contributed by atoms with Gasteiger partial charge in [0.1, 0.15) is 0 Å². The molecule has 0 saturated carbocycles. The fourth-order valence-electron chi connectivity index (χ4n) is 3.03. The lowest BCUT2D eigenvalue weighted by Gasteiger charge is -2.21. The van der Waals surface area contributed by atoms with Crippen LogP contribution < -0.4 is 10.0 Å². The van der Waals surface area contributed by atoms with E-state index < -0.39 is 10.0 Å². The predicted molar refractivity (Wildman–Crippen MR) is 125 cm³/mol. The van der Waals surface area contributed by atoms with E-state index in [1.807, 2.05) is 18.2 Å². The maximum absolute atomic E-state index is 11.1. The van der Waals surface area contributed by atoms with Crippen LogP contribution in [0.3, 0.4) is 0 Å². The summed E-state index contributed by atoms with van der Waals surface area (Å²) in [5, 5.41) is 3.33. The first kappa shape index (κ1) is 25.1. The van der Waals surface area contributed by atoms with Crippen molar-refractivity contribution in [2.75, 3.05) is 45.6 Å². The summed E-state index contributed by atoms with van der Waals surface area (Å²) in [6.07, 6.45) is 2.94. The first-order chi connectivity index (χ1) is 13.0. The molecule has 1 aromatic rings. The van der Waals surface area contributed by atoms with Gasteiger partial charge < -0.3 is 15.0 Å². The van der Waals surface area contributed by atoms with Crippen molar-refractivity contribution in [3.8, 4) is 0 Å². The zero-order valence-electron chi connectivity index (χ0n) is 16.8. The molecule has 2 N–H and O–H groups in total. The van der Waals surface area contributed by atoms with Crippen LogP contribution in [0.5, 0.6) is 0 Å². The standard InChI is InChI=1S/C19H32N4O3S.HI/c1-3-20-19(21-11-7-12-22-27(2,24)25)23-13-10-18(14-23)16-26-15-17-8-5-4-6-9-17;/h4-6,8-9,18,22H,3,7,10-16H2,1-2H3,(H,20,21);1H. The monoisotopic (exact) mass is 524 g/mol. The first-order valence-electron chi connectivity index (χ1n) is 9.57. The van der Waals surface area contributed by atoms with Crippen LogP contribution >= 0.6 is 24.0 Å². The summed E-state index contributed by atoms with van der Waals surface area (Å²) in [6, 6.07) is 10.2. The van der Waals surface area contributed by atoms with Gasteiger partial charge in [-0.25, -0.2) is 13.1 Å². The Bertz CT molecular complexity index is 686. The number of benzene rings is 1. The summed E-state index contributed by atoms with van der Waals surface area (Å²) in [4.78, 5) is 6.90. The van der Waals surface area contributed by atoms with E-state index in [0.717, 1.165) is 38.6 Å². The van der Waals surface area contributed by atoms with Gasteiger partial charge in [-0.05, 0) is 25.3 Å². The molecular formula is C19H33IN4O3S. The number of hydrogen-bond donors (Lipinski definition) is 2. The van der Waals surface area contributed by atoms with Gasteiger partial charge in [0.25, 0.3) is 0 Å². The van der Waals surface area contributed by atoms with Crippen LogP contribution in [0.2, 0.25) is 0 Å². The van der Waals surface area contributed by atoms with Crippen LogP contribution in [-0.2, 0) is 21.4 Å². The van der Waals surface area contributed by atoms with Gasteiger partial charge in [-0.1, -0.05) is 30.3 Å². The summed E-state index contributed by atoms with van der Waals surface area (Å²) in [6.45, 7) is 7.18. The Morgan fingerprint density at radius 2 is 2.07 bits per heavy atom. The van der Waals surface area contributed by atoms with E-state index in [9.17, 15) is 8.42 Å². The quantitative estimate of drug-likeness (QED) is 0.212. The summed E-state index contributed by atoms with van der Waals surface area (Å²) in [5.41, 5.74) is 1.20. The number of guanidine groups is 1. The number of ether oxygens (including phenoxy) is 1. The van der Waals surface area contributed by atoms with Crippen molar-refractivity contribution in [1.82, 2.24) is 14.9 Å². The Balaban J connectivity index is 0.00000392. The third-order valence-electron chi connectivity index (χ3n) is 4.35. The van der Waals surface area contributed by atoms with E-state index in [0.29, 0.717) is 32.0 Å². The largest absolute Gasteiger partial charge is 0.376 e. The van der Waals surface area contributed by atoms with Crippen LogP contribution in [0.15, 0.2) is 35.3 Å². The van der Waals surface area contributed by atoms with Gasteiger partial charge in [-0.15, -0.1) is 24.0 Å². The molecule has 0 aliphatic carbocycles. The highest BCUT2D eigenvalue weighted by Gasteiger charge is 2.24. The molecule has 0 aromatic heterocycles. The average Bonchev–Trinajstić information content (AvgIpc) is 3.09. The lowest BCUT2D eigenvalue weighted by atomic mass is 10.1. The molecular weight excluding hydrogens is 491 g/mol. The molecule has 2 rings (SSSR count). The van der Waals surface area contributed by atoms with Crippen LogP contribution in [0, 0.1) is 5.92 Å². The maximum Gasteiger partial charge on any atom is 0.208 e. The number of likely N-dealkylation sites (tertiary alicyclic amines) is 1. The summed E-state index contributed by atoms with van der Waals surface area (Å²) in [7, 11) is -3.13. The highest BCUT2D eigenvalue weighted by atomic mass is 127. The normalized spacial score (nSPS) is 17.4. The summed E-state index contributed by atoms with van der Waals surface area (Å²) >= 11 is 0. The van der Waals surface area contributed by atoms with Crippen molar-refractivity contribution in [2.45, 2.75) is 26.4 Å². The molecule has 0 spiro atoms. The molecule has 1 unspecified atom stereocenters. The Morgan fingerprint density at radius 1 is 1.32 bits per heavy atom. The predicted octanol–water partition coefficient (Wildman–Crippen LogP) is 2.05. The molecule has 9 heteroatoms. The van der Waals surface area contributed by atoms with E-state index in [4.69, 9.17) is 4.74 Å². The number of rotatable bonds is 10. The molecule has 0 amide bonds. The zero-order chi connectivity index (χ0) is 19.5. The molecule has 0 radical (unpaired) electrons. The molecule has 1 saturated heterocycles. The highest BCUT2D eigenvalue weighted by molar-refractivity contribution is 14.0. The Morgan fingerprint density at radius 3 is 2.75 bits per heavy atom. The lowest BCUT2D eigenvalue weighted by molar-refractivity contribution is 0.0907. The van der Waals surface area contributed by atoms with Gasteiger partial charge in [0.15, 0.2) is 5.96 Å². The minimum Gasteiger partial charge on any atom is -0.376 e. The van der Waals surface area contributed by atoms with Crippen molar-refractivity contribution in [3.63, 3.8) is 0 Å². The molecule has 28 heavy (non-hydrogen) atoms. The van der Waals surface area contributed by atoms with Gasteiger partial charge in [0.2, 0.25) is 10.0 Å². The number of nitrogens with zero attached hydrogens (tertiary/aromatic N) is 2. The van der Waals surface area contributed by atoms with Crippen molar-refractivity contribution in [1.29, 1.82) is 0 Å². The fraction of sp³-hybridized carbons (Fsp3) is 0.632. The van der Waals surface area contributed by atoms with E-state index >= 15 is 0 Å². The van der Waals surface area contributed by atoms with E-state index in [1.165, 1.54) is 11.8 Å². The summed E-state index contributed by atoms with van der Waals surface area (Å²) < 4.78 is 30.5. The number of aliphatic imine (C=N–C) groups is 1. The Labute approximate surface area is 186 Å². The van der Waals surface area contributed by atoms with E-state index in [2.05, 4.69) is 39.0 Å². The minimum absolute atomic E-state index is 0. The number of halogens is 1. The molecule has 1 aromatic carbocycles. The van der Waals surface area contributed by atoms with Gasteiger partial charge in [0.05, 0.1) is 19.5 Å². The van der Waals surface area contributed by atoms with Crippen molar-refractivity contribution < 1.29 is 13.2 Å². The van der Waals surface area contributed by atoms with Gasteiger partial charge >= 0.3 is 0 Å². The van der Waals surface area contributed by atoms with E-state index in [1.54, 1.807) is 0 Å². The van der Waals surface area contributed by atoms with E-state index in [-0.39, 0.29) is 24.0 Å². The topological polar surface area (TPSA) is 83.0 Å². The van der Waals surface area contributed by atoms with Crippen molar-refractivity contribution in [3.05, 3.63) is 35.9 Å². The van der Waals surface area contributed by atoms with Gasteiger partial charge in [-0.3, -0.25) is 4.99 Å². The number of hydrogen-bond acceptors (Lipinski definition) is 4. The third-order valence-corrected chi connectivity index (χ3v) is 5.07. The Kier molecular flexibility index (Phi) is 12.0. The summed E-state index contributed by atoms with van der Waals surface area (Å²) in [5.74, 6) is 1.41. The smallest absolute Gasteiger partial charge is 0.208 e. The SMILES string of the molecule is CCNC(=NCCCNS(C)(=O)=O)N1CCC(COCc2ccccc2)C1.I. The van der Waals surface area contributed by atoms with Crippen LogP contribution in [-0.4, -0.2) is 64.9 Å². The van der Waals surface area contributed by atoms with Gasteiger partial charge in [0, 0.05) is 38.6 Å². The average molecular weight is 524 g/mol. The molecule has 1 fully saturated rings. The number of sulfonamides is 1. The first-order valence-corrected chi connectivity index (χ1v) is 11.5. The molecule has 1 heterocycles. The highest BCUT2D eigenvalue weighted by Crippen LogP contribution is 2.17. The van der Waals surface area contributed by atoms with Crippen molar-refractivity contribution in [2.24, 2.45) is 10.9 Å². The molecule has 1 aliphatic rings. The molecule has 160 valence electrons. The lowest BCUT2D eigenvalue weighted by Crippen LogP contribution is -2.40. The second-order valence-electron chi connectivity index (χ2n) is 6.86. The maximum atomic E-state index is 11.1. The van der Waals surface area contributed by atoms with Crippen molar-refractivity contribution >= 4 is 40.0 Å². The van der Waals surface area contributed by atoms with Crippen LogP contribution in [0.1, 0.15) is 25.3 Å². The molecule has 1 atom stereocenters. The fourth-order valence-corrected chi connectivity index (χ4v) is 3.54. The second-order valence-corrected chi connectivity index (χ2v) is 8.69. The van der Waals surface area contributed by atoms with Crippen LogP contribution in [0.4, 0.5) is 0 Å². The van der Waals surface area contributed by atoms with Crippen LogP contribution in [0.25, 0.3) is 0 Å². The second kappa shape index (κ2) is 13.3. The minimum atomic E-state index is -3.13. The Hall–Kier alpha value is -0.910. The zero-order valence-corrected chi connectivity index (χ0v) is 19.9. The molecule has 7 nitrogen and oxygen atoms in total.